The molecular formula is C27H31F2N5O4S. The Labute approximate surface area is 225 Å². The summed E-state index contributed by atoms with van der Waals surface area (Å²) in [6.07, 6.45) is 3.76. The van der Waals surface area contributed by atoms with Crippen molar-refractivity contribution in [1.29, 1.82) is 0 Å². The average molecular weight is 560 g/mol. The molecule has 39 heavy (non-hydrogen) atoms. The number of benzene rings is 2. The highest BCUT2D eigenvalue weighted by Crippen LogP contribution is 2.45. The summed E-state index contributed by atoms with van der Waals surface area (Å²) in [5.74, 6) is -1.65. The molecule has 1 aromatic heterocycles. The zero-order chi connectivity index (χ0) is 27.8. The molecule has 1 aliphatic carbocycles. The predicted molar refractivity (Wildman–Crippen MR) is 145 cm³/mol. The second-order valence-corrected chi connectivity index (χ2v) is 12.6. The van der Waals surface area contributed by atoms with E-state index in [0.717, 1.165) is 41.3 Å². The monoisotopic (exact) mass is 559 g/mol. The van der Waals surface area contributed by atoms with Crippen LogP contribution in [0.25, 0.3) is 5.69 Å². The first-order chi connectivity index (χ1) is 18.5. The summed E-state index contributed by atoms with van der Waals surface area (Å²) in [4.78, 5) is 15.3. The Morgan fingerprint density at radius 2 is 1.67 bits per heavy atom. The van der Waals surface area contributed by atoms with Gasteiger partial charge in [0.05, 0.1) is 24.2 Å². The molecule has 1 saturated carbocycles. The molecule has 0 spiro atoms. The zero-order valence-corrected chi connectivity index (χ0v) is 22.5. The van der Waals surface area contributed by atoms with Crippen LogP contribution in [0.15, 0.2) is 53.5 Å². The lowest BCUT2D eigenvalue weighted by molar-refractivity contribution is 0.242. The van der Waals surface area contributed by atoms with Gasteiger partial charge in [0.1, 0.15) is 17.3 Å². The minimum atomic E-state index is -3.50. The van der Waals surface area contributed by atoms with E-state index in [1.54, 1.807) is 12.1 Å². The molecule has 0 unspecified atom stereocenters. The third kappa shape index (κ3) is 6.22. The summed E-state index contributed by atoms with van der Waals surface area (Å²) in [6, 6.07) is 9.90. The van der Waals surface area contributed by atoms with E-state index in [1.807, 2.05) is 17.0 Å². The van der Waals surface area contributed by atoms with Crippen molar-refractivity contribution in [1.82, 2.24) is 14.1 Å². The van der Waals surface area contributed by atoms with Crippen molar-refractivity contribution in [3.63, 3.8) is 0 Å². The molecule has 9 nitrogen and oxygen atoms in total. The van der Waals surface area contributed by atoms with Gasteiger partial charge in [-0.3, -0.25) is 4.79 Å². The number of hydrogen-bond acceptors (Lipinski definition) is 7. The van der Waals surface area contributed by atoms with Crippen LogP contribution in [0.3, 0.4) is 0 Å². The fraction of sp³-hybridized carbons (Fsp3) is 0.407. The lowest BCUT2D eigenvalue weighted by Gasteiger charge is -2.35. The summed E-state index contributed by atoms with van der Waals surface area (Å²) >= 11 is 0. The zero-order valence-electron chi connectivity index (χ0n) is 21.6. The molecule has 2 heterocycles. The van der Waals surface area contributed by atoms with Crippen LogP contribution < -0.4 is 20.9 Å². The third-order valence-electron chi connectivity index (χ3n) is 7.28. The molecule has 208 valence electrons. The summed E-state index contributed by atoms with van der Waals surface area (Å²) in [6.45, 7) is 3.50. The smallest absolute Gasteiger partial charge is 0.316 e. The van der Waals surface area contributed by atoms with E-state index in [4.69, 9.17) is 10.5 Å². The first kappa shape index (κ1) is 27.1. The quantitative estimate of drug-likeness (QED) is 0.402. The first-order valence-corrected chi connectivity index (χ1v) is 14.4. The molecule has 12 heteroatoms. The molecule has 0 bridgehead atoms. The summed E-state index contributed by atoms with van der Waals surface area (Å²) in [7, 11) is -3.50. The minimum absolute atomic E-state index is 0.0222. The van der Waals surface area contributed by atoms with Crippen LogP contribution in [-0.4, -0.2) is 61.0 Å². The van der Waals surface area contributed by atoms with Gasteiger partial charge in [-0.1, -0.05) is 19.1 Å². The van der Waals surface area contributed by atoms with Crippen molar-refractivity contribution in [3.8, 4) is 11.4 Å². The second-order valence-electron chi connectivity index (χ2n) is 10.5. The number of rotatable bonds is 9. The fourth-order valence-corrected chi connectivity index (χ4v) is 5.98. The van der Waals surface area contributed by atoms with Gasteiger partial charge in [-0.2, -0.15) is 14.1 Å². The molecule has 2 N–H and O–H groups in total. The topological polar surface area (TPSA) is 111 Å². The number of aryl methyl sites for hydroxylation is 1. The van der Waals surface area contributed by atoms with Gasteiger partial charge in [0, 0.05) is 43.3 Å². The van der Waals surface area contributed by atoms with E-state index >= 15 is 0 Å². The average Bonchev–Trinajstić information content (AvgIpc) is 3.64. The molecule has 0 amide bonds. The van der Waals surface area contributed by atoms with Crippen molar-refractivity contribution in [3.05, 3.63) is 76.2 Å². The van der Waals surface area contributed by atoms with Gasteiger partial charge in [0.15, 0.2) is 0 Å². The van der Waals surface area contributed by atoms with Crippen LogP contribution in [0.1, 0.15) is 25.3 Å². The maximum Gasteiger partial charge on any atom is 0.316 e. The molecule has 1 aliphatic heterocycles. The highest BCUT2D eigenvalue weighted by atomic mass is 32.2. The lowest BCUT2D eigenvalue weighted by atomic mass is 10.2. The van der Waals surface area contributed by atoms with E-state index in [2.05, 4.69) is 12.0 Å². The van der Waals surface area contributed by atoms with Gasteiger partial charge in [0.25, 0.3) is 0 Å². The van der Waals surface area contributed by atoms with Crippen LogP contribution in [0.4, 0.5) is 20.2 Å². The molecule has 1 saturated heterocycles. The highest BCUT2D eigenvalue weighted by Gasteiger charge is 2.39. The van der Waals surface area contributed by atoms with E-state index in [1.165, 1.54) is 10.5 Å². The number of nitrogens with zero attached hydrogens (tertiary/aromatic N) is 4. The fourth-order valence-electron chi connectivity index (χ4n) is 4.51. The first-order valence-electron chi connectivity index (χ1n) is 12.8. The van der Waals surface area contributed by atoms with Gasteiger partial charge in [0.2, 0.25) is 15.8 Å². The van der Waals surface area contributed by atoms with Gasteiger partial charge >= 0.3 is 5.56 Å². The van der Waals surface area contributed by atoms with E-state index < -0.39 is 27.2 Å². The molecule has 3 aromatic rings. The number of piperazine rings is 1. The Kier molecular flexibility index (Phi) is 7.34. The minimum Gasteiger partial charge on any atom is -0.486 e. The Morgan fingerprint density at radius 1 is 1.03 bits per heavy atom. The van der Waals surface area contributed by atoms with Crippen molar-refractivity contribution >= 4 is 21.4 Å². The number of hydrogen-bond donors (Lipinski definition) is 1. The van der Waals surface area contributed by atoms with E-state index in [0.29, 0.717) is 37.5 Å². The lowest BCUT2D eigenvalue weighted by Crippen LogP contribution is -2.50. The summed E-state index contributed by atoms with van der Waals surface area (Å²) in [5, 5.41) is 4.17. The molecule has 5 rings (SSSR count). The number of aromatic nitrogens is 2. The Hall–Kier alpha value is -3.51. The van der Waals surface area contributed by atoms with Crippen LogP contribution in [0.2, 0.25) is 0 Å². The third-order valence-corrected chi connectivity index (χ3v) is 9.15. The number of nitrogen functional groups attached to an aromatic ring is 1. The molecule has 2 aliphatic rings. The Morgan fingerprint density at radius 3 is 2.28 bits per heavy atom. The highest BCUT2D eigenvalue weighted by molar-refractivity contribution is 7.89. The normalized spacial score (nSPS) is 17.3. The standard InChI is InChI=1S/C27H31F2N5O4S/c1-27(7-8-27)18-38-25-24(17-31-34(26(25)35)23-15-20(28)14-21(29)16-23)32-9-11-33(12-10-32)39(36,37)13-6-19-2-4-22(30)5-3-19/h2-5,14-17H,6-13,18,30H2,1H3. The van der Waals surface area contributed by atoms with Gasteiger partial charge in [-0.15, -0.1) is 0 Å². The summed E-state index contributed by atoms with van der Waals surface area (Å²) < 4.78 is 62.1. The second kappa shape index (κ2) is 10.6. The number of nitrogens with two attached hydrogens (primary N) is 1. The number of sulfonamides is 1. The van der Waals surface area contributed by atoms with Gasteiger partial charge < -0.3 is 15.4 Å². The van der Waals surface area contributed by atoms with Gasteiger partial charge in [-0.25, -0.2) is 17.2 Å². The number of anilines is 2. The van der Waals surface area contributed by atoms with Crippen LogP contribution in [-0.2, 0) is 16.4 Å². The molecule has 0 atom stereocenters. The molecular weight excluding hydrogens is 528 g/mol. The Balaban J connectivity index is 1.33. The summed E-state index contributed by atoms with van der Waals surface area (Å²) in [5.41, 5.74) is 6.93. The Bertz CT molecular complexity index is 1500. The maximum absolute atomic E-state index is 13.8. The number of ether oxygens (including phenoxy) is 1. The predicted octanol–water partition coefficient (Wildman–Crippen LogP) is 2.97. The largest absolute Gasteiger partial charge is 0.486 e. The molecule has 2 aromatic carbocycles. The van der Waals surface area contributed by atoms with E-state index in [9.17, 15) is 22.0 Å². The van der Waals surface area contributed by atoms with E-state index in [-0.39, 0.29) is 35.7 Å². The van der Waals surface area contributed by atoms with Crippen LogP contribution in [0.5, 0.6) is 5.75 Å². The van der Waals surface area contributed by atoms with Crippen molar-refractivity contribution in [2.75, 3.05) is 49.2 Å². The van der Waals surface area contributed by atoms with Crippen molar-refractivity contribution in [2.45, 2.75) is 26.2 Å². The van der Waals surface area contributed by atoms with Gasteiger partial charge in [-0.05, 0) is 49.1 Å². The van der Waals surface area contributed by atoms with Crippen molar-refractivity contribution < 1.29 is 21.9 Å². The SMILES string of the molecule is CC1(COc2c(N3CCN(S(=O)(=O)CCc4ccc(N)cc4)CC3)cnn(-c3cc(F)cc(F)c3)c2=O)CC1. The molecule has 2 fully saturated rings. The van der Waals surface area contributed by atoms with Crippen LogP contribution >= 0.6 is 0 Å². The molecule has 0 radical (unpaired) electrons. The maximum atomic E-state index is 13.8. The number of halogens is 2. The van der Waals surface area contributed by atoms with Crippen molar-refractivity contribution in [2.24, 2.45) is 5.41 Å². The van der Waals surface area contributed by atoms with Crippen LogP contribution in [0, 0.1) is 17.0 Å².